The lowest BCUT2D eigenvalue weighted by Crippen LogP contribution is -2.25. The third-order valence-electron chi connectivity index (χ3n) is 3.98. The van der Waals surface area contributed by atoms with Crippen molar-refractivity contribution in [3.8, 4) is 5.75 Å². The maximum absolute atomic E-state index is 12.6. The molecule has 27 heavy (non-hydrogen) atoms. The lowest BCUT2D eigenvalue weighted by molar-refractivity contribution is -0.110. The number of carbonyl (C=O) groups excluding carboxylic acids is 1. The van der Waals surface area contributed by atoms with Crippen molar-refractivity contribution in [2.75, 3.05) is 18.1 Å². The summed E-state index contributed by atoms with van der Waals surface area (Å²) < 4.78 is 9.13. The minimum Gasteiger partial charge on any atom is -0.487 e. The van der Waals surface area contributed by atoms with Crippen LogP contribution in [0.25, 0.3) is 0 Å². The SMILES string of the molecule is CN=C(C(=O)Nc1ccn(C)n1)c1cc(OCc2ccnn2C)ccc1N. The number of ether oxygens (including phenoxy) is 1. The van der Waals surface area contributed by atoms with Crippen LogP contribution in [-0.4, -0.2) is 38.2 Å². The summed E-state index contributed by atoms with van der Waals surface area (Å²) >= 11 is 0. The Morgan fingerprint density at radius 3 is 2.74 bits per heavy atom. The average molecular weight is 367 g/mol. The van der Waals surface area contributed by atoms with Crippen LogP contribution in [0.2, 0.25) is 0 Å². The van der Waals surface area contributed by atoms with Gasteiger partial charge in [-0.3, -0.25) is 19.2 Å². The summed E-state index contributed by atoms with van der Waals surface area (Å²) in [4.78, 5) is 16.7. The van der Waals surface area contributed by atoms with Gasteiger partial charge in [0.1, 0.15) is 18.1 Å². The number of hydrogen-bond donors (Lipinski definition) is 2. The van der Waals surface area contributed by atoms with Crippen LogP contribution in [0.5, 0.6) is 5.75 Å². The lowest BCUT2D eigenvalue weighted by atomic mass is 10.1. The number of benzene rings is 1. The fourth-order valence-electron chi connectivity index (χ4n) is 2.53. The van der Waals surface area contributed by atoms with Gasteiger partial charge in [0.25, 0.3) is 5.91 Å². The monoisotopic (exact) mass is 367 g/mol. The predicted octanol–water partition coefficient (Wildman–Crippen LogP) is 1.37. The van der Waals surface area contributed by atoms with E-state index in [9.17, 15) is 4.79 Å². The summed E-state index contributed by atoms with van der Waals surface area (Å²) in [5.41, 5.74) is 8.11. The van der Waals surface area contributed by atoms with Crippen LogP contribution in [0.15, 0.2) is 47.7 Å². The Labute approximate surface area is 156 Å². The maximum atomic E-state index is 12.6. The Morgan fingerprint density at radius 1 is 1.30 bits per heavy atom. The molecule has 0 aliphatic rings. The van der Waals surface area contributed by atoms with Crippen LogP contribution in [0, 0.1) is 0 Å². The van der Waals surface area contributed by atoms with Gasteiger partial charge in [0.15, 0.2) is 5.82 Å². The van der Waals surface area contributed by atoms with E-state index in [1.165, 1.54) is 7.05 Å². The molecular formula is C18H21N7O2. The van der Waals surface area contributed by atoms with Gasteiger partial charge in [-0.2, -0.15) is 10.2 Å². The van der Waals surface area contributed by atoms with Crippen molar-refractivity contribution in [1.29, 1.82) is 0 Å². The summed E-state index contributed by atoms with van der Waals surface area (Å²) in [7, 11) is 5.15. The Hall–Kier alpha value is -3.62. The van der Waals surface area contributed by atoms with Gasteiger partial charge in [0.2, 0.25) is 0 Å². The first kappa shape index (κ1) is 18.2. The molecule has 9 nitrogen and oxygen atoms in total. The van der Waals surface area contributed by atoms with Crippen molar-refractivity contribution in [3.63, 3.8) is 0 Å². The molecular weight excluding hydrogens is 346 g/mol. The zero-order chi connectivity index (χ0) is 19.4. The van der Waals surface area contributed by atoms with Crippen LogP contribution in [0.4, 0.5) is 11.5 Å². The maximum Gasteiger partial charge on any atom is 0.275 e. The molecule has 3 rings (SSSR count). The number of aromatic nitrogens is 4. The third kappa shape index (κ3) is 4.14. The summed E-state index contributed by atoms with van der Waals surface area (Å²) in [6.45, 7) is 0.346. The first-order valence-electron chi connectivity index (χ1n) is 8.25. The topological polar surface area (TPSA) is 112 Å². The van der Waals surface area contributed by atoms with E-state index >= 15 is 0 Å². The minimum absolute atomic E-state index is 0.198. The highest BCUT2D eigenvalue weighted by Gasteiger charge is 2.18. The van der Waals surface area contributed by atoms with Crippen molar-refractivity contribution in [2.24, 2.45) is 19.1 Å². The molecule has 2 heterocycles. The van der Waals surface area contributed by atoms with Crippen LogP contribution >= 0.6 is 0 Å². The number of aliphatic imine (C=N–C) groups is 1. The highest BCUT2D eigenvalue weighted by Crippen LogP contribution is 2.22. The zero-order valence-electron chi connectivity index (χ0n) is 15.4. The Bertz CT molecular complexity index is 987. The zero-order valence-corrected chi connectivity index (χ0v) is 15.4. The van der Waals surface area contributed by atoms with Crippen molar-refractivity contribution in [3.05, 3.63) is 54.0 Å². The number of amides is 1. The number of nitrogen functional groups attached to an aromatic ring is 1. The number of aryl methyl sites for hydroxylation is 2. The van der Waals surface area contributed by atoms with Gasteiger partial charge in [-0.1, -0.05) is 0 Å². The van der Waals surface area contributed by atoms with Gasteiger partial charge >= 0.3 is 0 Å². The van der Waals surface area contributed by atoms with E-state index in [1.807, 2.05) is 13.1 Å². The molecule has 0 spiro atoms. The second kappa shape index (κ2) is 7.73. The molecule has 0 bridgehead atoms. The number of nitrogens with one attached hydrogen (secondary N) is 1. The van der Waals surface area contributed by atoms with Crippen LogP contribution in [0.1, 0.15) is 11.3 Å². The molecule has 140 valence electrons. The highest BCUT2D eigenvalue weighted by atomic mass is 16.5. The number of rotatable bonds is 6. The van der Waals surface area contributed by atoms with Crippen molar-refractivity contribution in [2.45, 2.75) is 6.61 Å². The molecule has 0 radical (unpaired) electrons. The van der Waals surface area contributed by atoms with Crippen molar-refractivity contribution < 1.29 is 9.53 Å². The molecule has 9 heteroatoms. The number of carbonyl (C=O) groups is 1. The molecule has 0 saturated heterocycles. The molecule has 3 N–H and O–H groups in total. The molecule has 0 atom stereocenters. The highest BCUT2D eigenvalue weighted by molar-refractivity contribution is 6.49. The van der Waals surface area contributed by atoms with Crippen molar-refractivity contribution in [1.82, 2.24) is 19.6 Å². The fraction of sp³-hybridized carbons (Fsp3) is 0.222. The second-order valence-electron chi connectivity index (χ2n) is 5.88. The molecule has 0 aliphatic carbocycles. The van der Waals surface area contributed by atoms with Gasteiger partial charge in [0.05, 0.1) is 5.69 Å². The Balaban J connectivity index is 1.78. The van der Waals surface area contributed by atoms with Crippen LogP contribution in [0.3, 0.4) is 0 Å². The average Bonchev–Trinajstić information content (AvgIpc) is 3.24. The second-order valence-corrected chi connectivity index (χ2v) is 5.88. The van der Waals surface area contributed by atoms with E-state index in [1.54, 1.807) is 53.1 Å². The van der Waals surface area contributed by atoms with Crippen LogP contribution in [-0.2, 0) is 25.5 Å². The minimum atomic E-state index is -0.397. The number of nitrogens with two attached hydrogens (primary N) is 1. The fourth-order valence-corrected chi connectivity index (χ4v) is 2.53. The summed E-state index contributed by atoms with van der Waals surface area (Å²) in [5, 5.41) is 10.9. The molecule has 0 unspecified atom stereocenters. The Kier molecular flexibility index (Phi) is 5.20. The van der Waals surface area contributed by atoms with E-state index in [0.717, 1.165) is 5.69 Å². The van der Waals surface area contributed by atoms with E-state index in [-0.39, 0.29) is 5.71 Å². The number of anilines is 2. The summed E-state index contributed by atoms with van der Waals surface area (Å²) in [6, 6.07) is 8.71. The molecule has 1 aromatic carbocycles. The summed E-state index contributed by atoms with van der Waals surface area (Å²) in [5.74, 6) is 0.615. The standard InChI is InChI=1S/C18H21N7O2/c1-20-17(18(26)22-16-7-9-24(2)23-16)14-10-13(4-5-15(14)19)27-11-12-6-8-21-25(12)3/h4-10H,11,19H2,1-3H3,(H,22,23,26). The van der Waals surface area contributed by atoms with Gasteiger partial charge in [0, 0.05) is 50.9 Å². The summed E-state index contributed by atoms with van der Waals surface area (Å²) in [6.07, 6.45) is 3.44. The lowest BCUT2D eigenvalue weighted by Gasteiger charge is -2.12. The van der Waals surface area contributed by atoms with Crippen LogP contribution < -0.4 is 15.8 Å². The normalized spacial score (nSPS) is 11.4. The first-order chi connectivity index (χ1) is 13.0. The molecule has 1 amide bonds. The predicted molar refractivity (Wildman–Crippen MR) is 103 cm³/mol. The molecule has 3 aromatic rings. The van der Waals surface area contributed by atoms with Gasteiger partial charge < -0.3 is 15.8 Å². The van der Waals surface area contributed by atoms with Gasteiger partial charge in [-0.05, 0) is 24.3 Å². The molecule has 0 saturated carbocycles. The Morgan fingerprint density at radius 2 is 2.11 bits per heavy atom. The van der Waals surface area contributed by atoms with Gasteiger partial charge in [-0.25, -0.2) is 0 Å². The quantitative estimate of drug-likeness (QED) is 0.505. The first-order valence-corrected chi connectivity index (χ1v) is 8.25. The smallest absolute Gasteiger partial charge is 0.275 e. The van der Waals surface area contributed by atoms with Crippen molar-refractivity contribution >= 4 is 23.1 Å². The molecule has 0 fully saturated rings. The molecule has 2 aromatic heterocycles. The van der Waals surface area contributed by atoms with E-state index in [2.05, 4.69) is 20.5 Å². The van der Waals surface area contributed by atoms with E-state index < -0.39 is 5.91 Å². The third-order valence-corrected chi connectivity index (χ3v) is 3.98. The van der Waals surface area contributed by atoms with E-state index in [4.69, 9.17) is 10.5 Å². The molecule has 0 aliphatic heterocycles. The number of hydrogen-bond acceptors (Lipinski definition) is 6. The van der Waals surface area contributed by atoms with E-state index in [0.29, 0.717) is 29.4 Å². The number of nitrogens with zero attached hydrogens (tertiary/aromatic N) is 5. The largest absolute Gasteiger partial charge is 0.487 e. The van der Waals surface area contributed by atoms with Gasteiger partial charge in [-0.15, -0.1) is 0 Å².